The Hall–Kier alpha value is -1.07. The molecule has 1 heterocycles. The molecule has 0 bridgehead atoms. The zero-order valence-electron chi connectivity index (χ0n) is 14.4. The third kappa shape index (κ3) is 5.50. The van der Waals surface area contributed by atoms with Crippen molar-refractivity contribution in [1.82, 2.24) is 10.2 Å². The minimum Gasteiger partial charge on any atom is -0.444 e. The quantitative estimate of drug-likeness (QED) is 0.836. The maximum Gasteiger partial charge on any atom is 0.410 e. The first-order valence-electron chi connectivity index (χ1n) is 8.28. The summed E-state index contributed by atoms with van der Waals surface area (Å²) in [7, 11) is 0. The van der Waals surface area contributed by atoms with Crippen LogP contribution in [0.25, 0.3) is 0 Å². The van der Waals surface area contributed by atoms with Crippen LogP contribution in [0.1, 0.15) is 52.1 Å². The molecular formula is C18H27BrN2O2. The van der Waals surface area contributed by atoms with E-state index in [0.717, 1.165) is 17.3 Å². The summed E-state index contributed by atoms with van der Waals surface area (Å²) in [6.45, 7) is 9.23. The fourth-order valence-electron chi connectivity index (χ4n) is 2.85. The highest BCUT2D eigenvalue weighted by molar-refractivity contribution is 9.10. The average Bonchev–Trinajstić information content (AvgIpc) is 2.46. The molecule has 1 N–H and O–H groups in total. The first kappa shape index (κ1) is 18.3. The van der Waals surface area contributed by atoms with E-state index in [4.69, 9.17) is 4.74 Å². The van der Waals surface area contributed by atoms with Crippen LogP contribution in [0.4, 0.5) is 4.79 Å². The number of carbonyl (C=O) groups is 1. The predicted octanol–water partition coefficient (Wildman–Crippen LogP) is 4.50. The lowest BCUT2D eigenvalue weighted by atomic mass is 10.00. The fourth-order valence-corrected chi connectivity index (χ4v) is 3.11. The summed E-state index contributed by atoms with van der Waals surface area (Å²) in [6.07, 6.45) is 1.92. The number of carbonyl (C=O) groups excluding carboxylic acids is 1. The zero-order chi connectivity index (χ0) is 17.0. The van der Waals surface area contributed by atoms with Crippen molar-refractivity contribution in [2.24, 2.45) is 0 Å². The number of rotatable bonds is 3. The topological polar surface area (TPSA) is 41.6 Å². The van der Waals surface area contributed by atoms with Crippen molar-refractivity contribution in [2.45, 2.75) is 58.2 Å². The SMILES string of the molecule is CCC[C@@H]1CN(C(=O)OC(C)(C)C)C[C@@H](c2ccc(Br)cc2)N1. The van der Waals surface area contributed by atoms with Crippen molar-refractivity contribution in [3.05, 3.63) is 34.3 Å². The van der Waals surface area contributed by atoms with Crippen molar-refractivity contribution in [3.63, 3.8) is 0 Å². The monoisotopic (exact) mass is 382 g/mol. The van der Waals surface area contributed by atoms with Gasteiger partial charge in [0, 0.05) is 23.6 Å². The molecule has 1 fully saturated rings. The van der Waals surface area contributed by atoms with Gasteiger partial charge in [-0.15, -0.1) is 0 Å². The molecule has 1 saturated heterocycles. The number of ether oxygens (including phenoxy) is 1. The minimum absolute atomic E-state index is 0.140. The summed E-state index contributed by atoms with van der Waals surface area (Å²) in [5.74, 6) is 0. The van der Waals surface area contributed by atoms with Crippen LogP contribution in [0.2, 0.25) is 0 Å². The van der Waals surface area contributed by atoms with Crippen molar-refractivity contribution in [1.29, 1.82) is 0 Å². The molecule has 1 aromatic rings. The van der Waals surface area contributed by atoms with Gasteiger partial charge in [-0.3, -0.25) is 0 Å². The van der Waals surface area contributed by atoms with Gasteiger partial charge in [0.25, 0.3) is 0 Å². The van der Waals surface area contributed by atoms with Gasteiger partial charge in [0.05, 0.1) is 6.04 Å². The van der Waals surface area contributed by atoms with E-state index in [1.54, 1.807) is 0 Å². The van der Waals surface area contributed by atoms with Crippen LogP contribution in [0.15, 0.2) is 28.7 Å². The van der Waals surface area contributed by atoms with E-state index in [1.807, 2.05) is 37.8 Å². The van der Waals surface area contributed by atoms with Gasteiger partial charge in [-0.25, -0.2) is 4.79 Å². The summed E-state index contributed by atoms with van der Waals surface area (Å²) < 4.78 is 6.62. The third-order valence-electron chi connectivity index (χ3n) is 3.84. The largest absolute Gasteiger partial charge is 0.444 e. The van der Waals surface area contributed by atoms with Gasteiger partial charge in [-0.05, 0) is 44.9 Å². The van der Waals surface area contributed by atoms with Crippen molar-refractivity contribution < 1.29 is 9.53 Å². The molecule has 0 radical (unpaired) electrons. The van der Waals surface area contributed by atoms with E-state index in [2.05, 4.69) is 40.3 Å². The third-order valence-corrected chi connectivity index (χ3v) is 4.37. The summed E-state index contributed by atoms with van der Waals surface area (Å²) in [4.78, 5) is 14.3. The molecule has 0 aromatic heterocycles. The van der Waals surface area contributed by atoms with Crippen LogP contribution < -0.4 is 5.32 Å². The maximum atomic E-state index is 12.5. The Morgan fingerprint density at radius 1 is 1.30 bits per heavy atom. The molecule has 1 amide bonds. The second-order valence-corrected chi connectivity index (χ2v) is 8.06. The molecule has 1 aromatic carbocycles. The van der Waals surface area contributed by atoms with Gasteiger partial charge in [-0.1, -0.05) is 41.4 Å². The Kier molecular flexibility index (Phi) is 6.09. The van der Waals surface area contributed by atoms with Crippen molar-refractivity contribution in [3.8, 4) is 0 Å². The van der Waals surface area contributed by atoms with E-state index in [-0.39, 0.29) is 12.1 Å². The van der Waals surface area contributed by atoms with Gasteiger partial charge in [0.1, 0.15) is 5.60 Å². The van der Waals surface area contributed by atoms with Gasteiger partial charge in [0.15, 0.2) is 0 Å². The molecule has 2 atom stereocenters. The number of hydrogen-bond acceptors (Lipinski definition) is 3. The molecule has 23 heavy (non-hydrogen) atoms. The lowest BCUT2D eigenvalue weighted by Crippen LogP contribution is -2.54. The van der Waals surface area contributed by atoms with E-state index in [0.29, 0.717) is 19.1 Å². The predicted molar refractivity (Wildman–Crippen MR) is 96.5 cm³/mol. The highest BCUT2D eigenvalue weighted by Gasteiger charge is 2.32. The number of hydrogen-bond donors (Lipinski definition) is 1. The lowest BCUT2D eigenvalue weighted by molar-refractivity contribution is 0.0147. The Balaban J connectivity index is 2.13. The molecule has 4 nitrogen and oxygen atoms in total. The normalized spacial score (nSPS) is 22.0. The van der Waals surface area contributed by atoms with E-state index < -0.39 is 5.60 Å². The number of piperazine rings is 1. The summed E-state index contributed by atoms with van der Waals surface area (Å²) in [6, 6.07) is 8.72. The minimum atomic E-state index is -0.463. The smallest absolute Gasteiger partial charge is 0.410 e. The molecule has 1 aliphatic rings. The first-order valence-corrected chi connectivity index (χ1v) is 9.07. The van der Waals surface area contributed by atoms with Crippen molar-refractivity contribution in [2.75, 3.05) is 13.1 Å². The summed E-state index contributed by atoms with van der Waals surface area (Å²) in [5.41, 5.74) is 0.734. The average molecular weight is 383 g/mol. The van der Waals surface area contributed by atoms with E-state index in [9.17, 15) is 4.79 Å². The number of benzene rings is 1. The molecule has 0 spiro atoms. The lowest BCUT2D eigenvalue weighted by Gasteiger charge is -2.39. The molecule has 2 rings (SSSR count). The Labute approximate surface area is 147 Å². The zero-order valence-corrected chi connectivity index (χ0v) is 16.0. The van der Waals surface area contributed by atoms with Crippen LogP contribution in [0, 0.1) is 0 Å². The van der Waals surface area contributed by atoms with Crippen LogP contribution >= 0.6 is 15.9 Å². The number of amides is 1. The summed E-state index contributed by atoms with van der Waals surface area (Å²) >= 11 is 3.47. The van der Waals surface area contributed by atoms with E-state index >= 15 is 0 Å². The van der Waals surface area contributed by atoms with Gasteiger partial charge in [0.2, 0.25) is 0 Å². The molecule has 0 aliphatic carbocycles. The molecule has 0 saturated carbocycles. The van der Waals surface area contributed by atoms with Gasteiger partial charge >= 0.3 is 6.09 Å². The van der Waals surface area contributed by atoms with Crippen LogP contribution in [-0.4, -0.2) is 35.7 Å². The number of nitrogens with one attached hydrogen (secondary N) is 1. The first-order chi connectivity index (χ1) is 10.8. The van der Waals surface area contributed by atoms with Crippen LogP contribution in [-0.2, 0) is 4.74 Å². The molecule has 5 heteroatoms. The van der Waals surface area contributed by atoms with E-state index in [1.165, 1.54) is 5.56 Å². The van der Waals surface area contributed by atoms with Gasteiger partial charge in [-0.2, -0.15) is 0 Å². The van der Waals surface area contributed by atoms with Gasteiger partial charge < -0.3 is 15.0 Å². The Morgan fingerprint density at radius 3 is 2.52 bits per heavy atom. The Bertz CT molecular complexity index is 525. The second kappa shape index (κ2) is 7.67. The molecule has 0 unspecified atom stereocenters. The summed E-state index contributed by atoms with van der Waals surface area (Å²) in [5, 5.41) is 3.67. The highest BCUT2D eigenvalue weighted by atomic mass is 79.9. The molecule has 128 valence electrons. The van der Waals surface area contributed by atoms with Crippen molar-refractivity contribution >= 4 is 22.0 Å². The number of halogens is 1. The fraction of sp³-hybridized carbons (Fsp3) is 0.611. The maximum absolute atomic E-state index is 12.5. The second-order valence-electron chi connectivity index (χ2n) is 7.14. The van der Waals surface area contributed by atoms with Crippen LogP contribution in [0.5, 0.6) is 0 Å². The highest BCUT2D eigenvalue weighted by Crippen LogP contribution is 2.24. The van der Waals surface area contributed by atoms with Crippen LogP contribution in [0.3, 0.4) is 0 Å². The number of nitrogens with zero attached hydrogens (tertiary/aromatic N) is 1. The molecule has 1 aliphatic heterocycles. The molecular weight excluding hydrogens is 356 g/mol. The standard InChI is InChI=1S/C18H27BrN2O2/c1-5-6-15-11-21(17(22)23-18(2,3)4)12-16(20-15)13-7-9-14(19)10-8-13/h7-10,15-16,20H,5-6,11-12H2,1-4H3/t15-,16+/m1/s1. The Morgan fingerprint density at radius 2 is 1.96 bits per heavy atom.